The molecular weight excluding hydrogens is 226 g/mol. The zero-order chi connectivity index (χ0) is 12.4. The van der Waals surface area contributed by atoms with E-state index in [1.807, 2.05) is 0 Å². The van der Waals surface area contributed by atoms with Gasteiger partial charge in [0.05, 0.1) is 12.0 Å². The molecule has 90 valence electrons. The van der Waals surface area contributed by atoms with E-state index in [1.165, 1.54) is 19.2 Å². The number of hydrogen-bond acceptors (Lipinski definition) is 3. The highest BCUT2D eigenvalue weighted by atomic mass is 32.2. The number of methoxy groups -OCH3 is 1. The molecule has 0 unspecified atom stereocenters. The van der Waals surface area contributed by atoms with Gasteiger partial charge < -0.3 is 4.74 Å². The molecule has 1 N–H and O–H groups in total. The van der Waals surface area contributed by atoms with Crippen molar-refractivity contribution < 1.29 is 13.2 Å². The van der Waals surface area contributed by atoms with Crippen LogP contribution >= 0.6 is 0 Å². The molecule has 1 rings (SSSR count). The van der Waals surface area contributed by atoms with Gasteiger partial charge in [-0.05, 0) is 32.9 Å². The van der Waals surface area contributed by atoms with Crippen LogP contribution in [0.25, 0.3) is 0 Å². The molecule has 0 aliphatic heterocycles. The first-order valence-electron chi connectivity index (χ1n) is 4.93. The third-order valence-corrected chi connectivity index (χ3v) is 3.55. The van der Waals surface area contributed by atoms with Crippen molar-refractivity contribution in [2.75, 3.05) is 7.11 Å². The van der Waals surface area contributed by atoms with Crippen molar-refractivity contribution in [3.8, 4) is 5.75 Å². The van der Waals surface area contributed by atoms with Crippen LogP contribution in [0.1, 0.15) is 20.8 Å². The SMILES string of the molecule is COc1cccc(S(=O)(=O)NC(C)(C)C)c1. The molecule has 0 radical (unpaired) electrons. The van der Waals surface area contributed by atoms with Crippen molar-refractivity contribution >= 4 is 10.0 Å². The summed E-state index contributed by atoms with van der Waals surface area (Å²) in [6.45, 7) is 5.39. The summed E-state index contributed by atoms with van der Waals surface area (Å²) in [6.07, 6.45) is 0. The molecule has 1 aromatic rings. The van der Waals surface area contributed by atoms with Gasteiger partial charge in [-0.25, -0.2) is 13.1 Å². The Kier molecular flexibility index (Phi) is 3.60. The van der Waals surface area contributed by atoms with Crippen LogP contribution in [-0.4, -0.2) is 21.1 Å². The van der Waals surface area contributed by atoms with Gasteiger partial charge in [-0.3, -0.25) is 0 Å². The molecule has 1 aromatic carbocycles. The molecule has 4 nitrogen and oxygen atoms in total. The summed E-state index contributed by atoms with van der Waals surface area (Å²) in [6, 6.07) is 6.39. The van der Waals surface area contributed by atoms with Gasteiger partial charge in [-0.1, -0.05) is 6.07 Å². The first kappa shape index (κ1) is 13.0. The fourth-order valence-corrected chi connectivity index (χ4v) is 2.68. The summed E-state index contributed by atoms with van der Waals surface area (Å²) < 4.78 is 31.5. The number of sulfonamides is 1. The summed E-state index contributed by atoms with van der Waals surface area (Å²) in [5.41, 5.74) is -0.498. The minimum absolute atomic E-state index is 0.210. The van der Waals surface area contributed by atoms with Gasteiger partial charge in [0.25, 0.3) is 0 Å². The molecule has 0 aliphatic rings. The Hall–Kier alpha value is -1.07. The van der Waals surface area contributed by atoms with Gasteiger partial charge in [0.1, 0.15) is 5.75 Å². The van der Waals surface area contributed by atoms with E-state index < -0.39 is 15.6 Å². The highest BCUT2D eigenvalue weighted by molar-refractivity contribution is 7.89. The van der Waals surface area contributed by atoms with Gasteiger partial charge in [-0.15, -0.1) is 0 Å². The zero-order valence-electron chi connectivity index (χ0n) is 9.94. The van der Waals surface area contributed by atoms with Crippen molar-refractivity contribution in [2.24, 2.45) is 0 Å². The standard InChI is InChI=1S/C11H17NO3S/c1-11(2,3)12-16(13,14)10-7-5-6-9(8-10)15-4/h5-8,12H,1-4H3. The van der Waals surface area contributed by atoms with Crippen molar-refractivity contribution in [1.29, 1.82) is 0 Å². The van der Waals surface area contributed by atoms with E-state index in [0.717, 1.165) is 0 Å². The van der Waals surface area contributed by atoms with Crippen molar-refractivity contribution in [3.63, 3.8) is 0 Å². The maximum atomic E-state index is 11.9. The second-order valence-corrected chi connectivity index (χ2v) is 6.22. The molecule has 0 spiro atoms. The van der Waals surface area contributed by atoms with Crippen LogP contribution in [-0.2, 0) is 10.0 Å². The molecule has 0 bridgehead atoms. The predicted octanol–water partition coefficient (Wildman–Crippen LogP) is 1.77. The van der Waals surface area contributed by atoms with Gasteiger partial charge in [0, 0.05) is 11.6 Å². The molecule has 16 heavy (non-hydrogen) atoms. The van der Waals surface area contributed by atoms with Crippen LogP contribution in [0.4, 0.5) is 0 Å². The van der Waals surface area contributed by atoms with Crippen LogP contribution in [0.5, 0.6) is 5.75 Å². The van der Waals surface area contributed by atoms with Crippen LogP contribution in [0.2, 0.25) is 0 Å². The fraction of sp³-hybridized carbons (Fsp3) is 0.455. The summed E-state index contributed by atoms with van der Waals surface area (Å²) >= 11 is 0. The third kappa shape index (κ3) is 3.50. The number of nitrogens with one attached hydrogen (secondary N) is 1. The lowest BCUT2D eigenvalue weighted by Gasteiger charge is -2.20. The largest absolute Gasteiger partial charge is 0.497 e. The summed E-state index contributed by atoms with van der Waals surface area (Å²) in [4.78, 5) is 0.210. The van der Waals surface area contributed by atoms with Crippen LogP contribution in [0.3, 0.4) is 0 Å². The first-order chi connectivity index (χ1) is 7.24. The van der Waals surface area contributed by atoms with Crippen LogP contribution in [0.15, 0.2) is 29.2 Å². The number of rotatable bonds is 3. The van der Waals surface area contributed by atoms with E-state index in [4.69, 9.17) is 4.74 Å². The summed E-state index contributed by atoms with van der Waals surface area (Å²) in [5, 5.41) is 0. The molecule has 0 aliphatic carbocycles. The topological polar surface area (TPSA) is 55.4 Å². The molecular formula is C11H17NO3S. The van der Waals surface area contributed by atoms with Crippen LogP contribution < -0.4 is 9.46 Å². The lowest BCUT2D eigenvalue weighted by molar-refractivity contribution is 0.413. The normalized spacial score (nSPS) is 12.5. The van der Waals surface area contributed by atoms with E-state index in [9.17, 15) is 8.42 Å². The van der Waals surface area contributed by atoms with E-state index >= 15 is 0 Å². The van der Waals surface area contributed by atoms with E-state index in [-0.39, 0.29) is 4.90 Å². The Bertz CT molecular complexity index is 460. The zero-order valence-corrected chi connectivity index (χ0v) is 10.8. The number of hydrogen-bond donors (Lipinski definition) is 1. The Morgan fingerprint density at radius 1 is 1.25 bits per heavy atom. The molecule has 5 heteroatoms. The maximum Gasteiger partial charge on any atom is 0.241 e. The molecule has 0 atom stereocenters. The number of ether oxygens (including phenoxy) is 1. The smallest absolute Gasteiger partial charge is 0.241 e. The van der Waals surface area contributed by atoms with E-state index in [1.54, 1.807) is 32.9 Å². The predicted molar refractivity (Wildman–Crippen MR) is 63.1 cm³/mol. The molecule has 0 heterocycles. The highest BCUT2D eigenvalue weighted by Gasteiger charge is 2.22. The van der Waals surface area contributed by atoms with Crippen molar-refractivity contribution in [3.05, 3.63) is 24.3 Å². The Morgan fingerprint density at radius 3 is 2.38 bits per heavy atom. The first-order valence-corrected chi connectivity index (χ1v) is 6.41. The third-order valence-electron chi connectivity index (χ3n) is 1.79. The molecule has 0 amide bonds. The summed E-state index contributed by atoms with van der Waals surface area (Å²) in [7, 11) is -1.98. The maximum absolute atomic E-state index is 11.9. The molecule has 0 saturated heterocycles. The average molecular weight is 243 g/mol. The lowest BCUT2D eigenvalue weighted by Crippen LogP contribution is -2.40. The van der Waals surface area contributed by atoms with Crippen molar-refractivity contribution in [1.82, 2.24) is 4.72 Å². The Labute approximate surface area is 96.7 Å². The second kappa shape index (κ2) is 4.43. The lowest BCUT2D eigenvalue weighted by atomic mass is 10.1. The molecule has 0 fully saturated rings. The quantitative estimate of drug-likeness (QED) is 0.880. The average Bonchev–Trinajstić information content (AvgIpc) is 2.14. The number of benzene rings is 1. The van der Waals surface area contributed by atoms with Crippen molar-refractivity contribution in [2.45, 2.75) is 31.2 Å². The van der Waals surface area contributed by atoms with Gasteiger partial charge in [0.2, 0.25) is 10.0 Å². The van der Waals surface area contributed by atoms with E-state index in [2.05, 4.69) is 4.72 Å². The van der Waals surface area contributed by atoms with Crippen LogP contribution in [0, 0.1) is 0 Å². The van der Waals surface area contributed by atoms with Gasteiger partial charge >= 0.3 is 0 Å². The van der Waals surface area contributed by atoms with Gasteiger partial charge in [-0.2, -0.15) is 0 Å². The monoisotopic (exact) mass is 243 g/mol. The Morgan fingerprint density at radius 2 is 1.88 bits per heavy atom. The Balaban J connectivity index is 3.08. The van der Waals surface area contributed by atoms with E-state index in [0.29, 0.717) is 5.75 Å². The highest BCUT2D eigenvalue weighted by Crippen LogP contribution is 2.18. The van der Waals surface area contributed by atoms with Gasteiger partial charge in [0.15, 0.2) is 0 Å². The molecule has 0 saturated carbocycles. The second-order valence-electron chi connectivity index (χ2n) is 4.53. The minimum Gasteiger partial charge on any atom is -0.497 e. The fourth-order valence-electron chi connectivity index (χ4n) is 1.23. The summed E-state index contributed by atoms with van der Waals surface area (Å²) in [5.74, 6) is 0.525. The molecule has 0 aromatic heterocycles. The minimum atomic E-state index is -3.48.